The Balaban J connectivity index is 4.15. The largest absolute Gasteiger partial charge is 0.393 e. The first-order valence-electron chi connectivity index (χ1n) is 10.3. The van der Waals surface area contributed by atoms with Crippen molar-refractivity contribution in [1.82, 2.24) is 15.5 Å². The summed E-state index contributed by atoms with van der Waals surface area (Å²) in [6, 6.07) is 0. The van der Waals surface area contributed by atoms with E-state index in [-0.39, 0.29) is 12.0 Å². The van der Waals surface area contributed by atoms with Gasteiger partial charge < -0.3 is 20.6 Å². The van der Waals surface area contributed by atoms with E-state index in [9.17, 15) is 14.7 Å². The van der Waals surface area contributed by atoms with Crippen LogP contribution in [-0.4, -0.2) is 41.5 Å². The smallest absolute Gasteiger partial charge is 0.272 e. The van der Waals surface area contributed by atoms with Crippen molar-refractivity contribution in [3.8, 4) is 0 Å². The second kappa shape index (κ2) is 16.4. The molecule has 0 rings (SSSR count). The molecule has 27 heavy (non-hydrogen) atoms. The molecular formula is C21H39N3O3. The molecule has 0 radical (unpaired) electrons. The maximum Gasteiger partial charge on any atom is 0.272 e. The van der Waals surface area contributed by atoms with E-state index in [2.05, 4.69) is 17.2 Å². The first-order chi connectivity index (χ1) is 13.0. The van der Waals surface area contributed by atoms with Gasteiger partial charge in [-0.15, -0.1) is 0 Å². The molecule has 0 aromatic carbocycles. The van der Waals surface area contributed by atoms with Crippen LogP contribution >= 0.6 is 0 Å². The van der Waals surface area contributed by atoms with E-state index in [0.717, 1.165) is 32.1 Å². The highest BCUT2D eigenvalue weighted by Gasteiger charge is 2.18. The third-order valence-corrected chi connectivity index (χ3v) is 4.72. The summed E-state index contributed by atoms with van der Waals surface area (Å²) in [7, 11) is 0. The number of carbonyl (C=O) groups excluding carboxylic acids is 2. The average Bonchev–Trinajstić information content (AvgIpc) is 2.67. The fraction of sp³-hybridized carbons (Fsp3) is 0.714. The maximum atomic E-state index is 12.7. The molecule has 156 valence electrons. The number of aliphatic hydroxyl groups excluding tert-OH is 1. The molecular weight excluding hydrogens is 342 g/mol. The summed E-state index contributed by atoms with van der Waals surface area (Å²) in [4.78, 5) is 25.1. The molecule has 0 aromatic rings. The van der Waals surface area contributed by atoms with Crippen LogP contribution in [0.5, 0.6) is 0 Å². The van der Waals surface area contributed by atoms with E-state index in [1.807, 2.05) is 13.8 Å². The highest BCUT2D eigenvalue weighted by molar-refractivity contribution is 5.94. The van der Waals surface area contributed by atoms with Crippen molar-refractivity contribution in [3.05, 3.63) is 24.2 Å². The van der Waals surface area contributed by atoms with Gasteiger partial charge in [0.25, 0.3) is 5.91 Å². The SMILES string of the molecule is C=CN/C(C(=O)N(CC)CCCCCCCCCC(O)CC)=C(\C)NC=O. The Bertz CT molecular complexity index is 464. The number of hydrogen-bond donors (Lipinski definition) is 3. The Morgan fingerprint density at radius 2 is 1.67 bits per heavy atom. The molecule has 0 aromatic heterocycles. The molecule has 0 heterocycles. The lowest BCUT2D eigenvalue weighted by atomic mass is 10.1. The van der Waals surface area contributed by atoms with E-state index in [4.69, 9.17) is 0 Å². The van der Waals surface area contributed by atoms with Gasteiger partial charge in [-0.1, -0.05) is 52.0 Å². The third kappa shape index (κ3) is 11.5. The van der Waals surface area contributed by atoms with Crippen LogP contribution in [0, 0.1) is 0 Å². The minimum absolute atomic E-state index is 0.126. The molecule has 0 saturated heterocycles. The monoisotopic (exact) mass is 381 g/mol. The summed E-state index contributed by atoms with van der Waals surface area (Å²) in [6.45, 7) is 10.6. The van der Waals surface area contributed by atoms with Crippen LogP contribution < -0.4 is 10.6 Å². The zero-order valence-corrected chi connectivity index (χ0v) is 17.4. The second-order valence-electron chi connectivity index (χ2n) is 6.82. The van der Waals surface area contributed by atoms with Gasteiger partial charge in [0.05, 0.1) is 6.10 Å². The van der Waals surface area contributed by atoms with E-state index in [1.165, 1.54) is 31.9 Å². The number of nitrogens with one attached hydrogen (secondary N) is 2. The molecule has 0 aliphatic carbocycles. The molecule has 2 amide bonds. The lowest BCUT2D eigenvalue weighted by Crippen LogP contribution is -2.37. The Morgan fingerprint density at radius 3 is 2.19 bits per heavy atom. The summed E-state index contributed by atoms with van der Waals surface area (Å²) >= 11 is 0. The lowest BCUT2D eigenvalue weighted by Gasteiger charge is -2.23. The van der Waals surface area contributed by atoms with Crippen molar-refractivity contribution in [3.63, 3.8) is 0 Å². The second-order valence-corrected chi connectivity index (χ2v) is 6.82. The van der Waals surface area contributed by atoms with Gasteiger partial charge in [-0.2, -0.15) is 0 Å². The van der Waals surface area contributed by atoms with Crippen LogP contribution in [0.25, 0.3) is 0 Å². The van der Waals surface area contributed by atoms with Crippen LogP contribution in [0.2, 0.25) is 0 Å². The van der Waals surface area contributed by atoms with Gasteiger partial charge in [0.15, 0.2) is 0 Å². The molecule has 0 aliphatic rings. The highest BCUT2D eigenvalue weighted by atomic mass is 16.3. The Hall–Kier alpha value is -1.82. The molecule has 6 heteroatoms. The number of unbranched alkanes of at least 4 members (excludes halogenated alkanes) is 6. The van der Waals surface area contributed by atoms with Crippen molar-refractivity contribution in [1.29, 1.82) is 0 Å². The van der Waals surface area contributed by atoms with Crippen LogP contribution in [0.3, 0.4) is 0 Å². The summed E-state index contributed by atoms with van der Waals surface area (Å²) in [5.74, 6) is -0.126. The van der Waals surface area contributed by atoms with Gasteiger partial charge >= 0.3 is 0 Å². The van der Waals surface area contributed by atoms with Gasteiger partial charge in [0.1, 0.15) is 5.70 Å². The molecule has 0 fully saturated rings. The Morgan fingerprint density at radius 1 is 1.07 bits per heavy atom. The minimum Gasteiger partial charge on any atom is -0.393 e. The van der Waals surface area contributed by atoms with Crippen molar-refractivity contribution >= 4 is 12.3 Å². The average molecular weight is 382 g/mol. The van der Waals surface area contributed by atoms with Gasteiger partial charge in [-0.3, -0.25) is 9.59 Å². The number of aliphatic hydroxyl groups is 1. The summed E-state index contributed by atoms with van der Waals surface area (Å²) < 4.78 is 0. The fourth-order valence-corrected chi connectivity index (χ4v) is 2.93. The number of rotatable bonds is 17. The van der Waals surface area contributed by atoms with Crippen LogP contribution in [0.15, 0.2) is 24.2 Å². The van der Waals surface area contributed by atoms with E-state index >= 15 is 0 Å². The molecule has 1 unspecified atom stereocenters. The molecule has 0 saturated carbocycles. The van der Waals surface area contributed by atoms with Crippen molar-refractivity contribution in [2.75, 3.05) is 13.1 Å². The van der Waals surface area contributed by atoms with Gasteiger partial charge in [-0.05, 0) is 39.3 Å². The van der Waals surface area contributed by atoms with Crippen LogP contribution in [-0.2, 0) is 9.59 Å². The van der Waals surface area contributed by atoms with Gasteiger partial charge in [0.2, 0.25) is 6.41 Å². The normalized spacial score (nSPS) is 12.7. The first-order valence-corrected chi connectivity index (χ1v) is 10.3. The summed E-state index contributed by atoms with van der Waals surface area (Å²) in [5.41, 5.74) is 0.842. The van der Waals surface area contributed by atoms with Crippen molar-refractivity contribution in [2.24, 2.45) is 0 Å². The quantitative estimate of drug-likeness (QED) is 0.205. The summed E-state index contributed by atoms with van der Waals surface area (Å²) in [6.07, 6.45) is 11.6. The zero-order valence-electron chi connectivity index (χ0n) is 17.4. The standard InChI is InChI=1S/C21H39N3O3/c1-5-19(26)15-13-11-9-8-10-12-14-16-24(7-3)21(27)20(22-6-2)18(4)23-17-25/h6,17,19,22,26H,2,5,7-16H2,1,3-4H3,(H,23,25)/b20-18+. The third-order valence-electron chi connectivity index (χ3n) is 4.72. The van der Waals surface area contributed by atoms with Crippen LogP contribution in [0.1, 0.15) is 78.6 Å². The minimum atomic E-state index is -0.137. The predicted octanol–water partition coefficient (Wildman–Crippen LogP) is 3.44. The topological polar surface area (TPSA) is 81.7 Å². The maximum absolute atomic E-state index is 12.7. The van der Waals surface area contributed by atoms with Crippen molar-refractivity contribution < 1.29 is 14.7 Å². The van der Waals surface area contributed by atoms with E-state index in [0.29, 0.717) is 30.9 Å². The van der Waals surface area contributed by atoms with Crippen LogP contribution in [0.4, 0.5) is 0 Å². The lowest BCUT2D eigenvalue weighted by molar-refractivity contribution is -0.127. The number of likely N-dealkylation sites (N-methyl/N-ethyl adjacent to an activating group) is 1. The number of allylic oxidation sites excluding steroid dienone is 1. The molecule has 0 aliphatic heterocycles. The number of amides is 2. The van der Waals surface area contributed by atoms with Gasteiger partial charge in [0, 0.05) is 18.8 Å². The molecule has 0 bridgehead atoms. The number of hydrogen-bond acceptors (Lipinski definition) is 4. The van der Waals surface area contributed by atoms with E-state index in [1.54, 1.807) is 11.8 Å². The molecule has 6 nitrogen and oxygen atoms in total. The zero-order chi connectivity index (χ0) is 20.5. The Kier molecular flexibility index (Phi) is 15.3. The number of carbonyl (C=O) groups is 2. The Labute approximate surface area is 165 Å². The molecule has 0 spiro atoms. The van der Waals surface area contributed by atoms with E-state index < -0.39 is 0 Å². The molecule has 1 atom stereocenters. The van der Waals surface area contributed by atoms with Gasteiger partial charge in [-0.25, -0.2) is 0 Å². The molecule has 3 N–H and O–H groups in total. The van der Waals surface area contributed by atoms with Crippen molar-refractivity contribution in [2.45, 2.75) is 84.7 Å². The first kappa shape index (κ1) is 25.2. The number of nitrogens with zero attached hydrogens (tertiary/aromatic N) is 1. The summed E-state index contributed by atoms with van der Waals surface area (Å²) in [5, 5.41) is 14.9. The fourth-order valence-electron chi connectivity index (χ4n) is 2.93. The highest BCUT2D eigenvalue weighted by Crippen LogP contribution is 2.12. The predicted molar refractivity (Wildman–Crippen MR) is 111 cm³/mol.